The van der Waals surface area contributed by atoms with Gasteiger partial charge in [0.1, 0.15) is 0 Å². The predicted molar refractivity (Wildman–Crippen MR) is 164 cm³/mol. The average molecular weight is 632 g/mol. The second-order valence-corrected chi connectivity index (χ2v) is 12.0. The molecule has 0 aliphatic carbocycles. The van der Waals surface area contributed by atoms with Gasteiger partial charge >= 0.3 is 0 Å². The van der Waals surface area contributed by atoms with Gasteiger partial charge in [0.2, 0.25) is 9.84 Å². The topological polar surface area (TPSA) is 34.1 Å². The molecular weight excluding hydrogens is 608 g/mol. The quantitative estimate of drug-likeness (QED) is 0.182. The molecule has 0 unspecified atom stereocenters. The van der Waals surface area contributed by atoms with E-state index in [4.69, 9.17) is 0 Å². The molecule has 0 saturated heterocycles. The molecule has 184 valence electrons. The summed E-state index contributed by atoms with van der Waals surface area (Å²) in [5.41, 5.74) is 3.40. The third kappa shape index (κ3) is 7.86. The Hall–Kier alpha value is -3.25. The summed E-state index contributed by atoms with van der Waals surface area (Å²) in [4.78, 5) is 0.388. The van der Waals surface area contributed by atoms with E-state index in [-0.39, 0.29) is 9.81 Å². The Morgan fingerprint density at radius 2 is 0.838 bits per heavy atom. The average Bonchev–Trinajstić information content (AvgIpc) is 2.92. The van der Waals surface area contributed by atoms with E-state index in [0.29, 0.717) is 0 Å². The van der Waals surface area contributed by atoms with Crippen LogP contribution in [-0.2, 0) is 9.84 Å². The fourth-order valence-electron chi connectivity index (χ4n) is 3.50. The van der Waals surface area contributed by atoms with Gasteiger partial charge in [-0.1, -0.05) is 129 Å². The van der Waals surface area contributed by atoms with Crippen molar-refractivity contribution >= 4 is 66.0 Å². The summed E-state index contributed by atoms with van der Waals surface area (Å²) in [6, 6.07) is 34.4. The number of hydrogen-bond donors (Lipinski definition) is 0. The van der Waals surface area contributed by atoms with Gasteiger partial charge in [0.25, 0.3) is 0 Å². The van der Waals surface area contributed by atoms with Crippen molar-refractivity contribution in [3.05, 3.63) is 162 Å². The highest BCUT2D eigenvalue weighted by atomic mass is 79.9. The Bertz CT molecular complexity index is 1430. The second kappa shape index (κ2) is 12.8. The van der Waals surface area contributed by atoms with Crippen LogP contribution >= 0.6 is 31.9 Å². The molecule has 0 aliphatic heterocycles. The van der Waals surface area contributed by atoms with Gasteiger partial charge in [0.05, 0.1) is 9.81 Å². The van der Waals surface area contributed by atoms with E-state index in [0.717, 1.165) is 31.2 Å². The fourth-order valence-corrected chi connectivity index (χ4v) is 5.38. The first kappa shape index (κ1) is 26.8. The molecule has 0 atom stereocenters. The molecule has 0 aliphatic rings. The van der Waals surface area contributed by atoms with Crippen LogP contribution < -0.4 is 0 Å². The molecule has 0 aromatic heterocycles. The Morgan fingerprint density at radius 3 is 1.19 bits per heavy atom. The summed E-state index contributed by atoms with van der Waals surface area (Å²) in [7, 11) is -3.89. The normalized spacial score (nSPS) is 12.9. The summed E-state index contributed by atoms with van der Waals surface area (Å²) in [6.45, 7) is 0. The van der Waals surface area contributed by atoms with Crippen LogP contribution in [0.25, 0.3) is 24.3 Å². The Balaban J connectivity index is 1.84. The minimum absolute atomic E-state index is 0.194. The molecule has 4 aromatic rings. The Morgan fingerprint density at radius 1 is 0.486 bits per heavy atom. The standard InChI is InChI=1S/C32H24Br2O2S/c33-29-17-11-27(12-18-29)23-31(21-15-25-7-3-1-4-8-25)37(35,36)32(22-16-26-9-5-2-6-10-26)24-28-13-19-30(34)20-14-28/h1-24H/b21-15-,22-16-,31-23+,32-24+. The number of rotatable bonds is 8. The van der Waals surface area contributed by atoms with Crippen molar-refractivity contribution in [2.75, 3.05) is 0 Å². The van der Waals surface area contributed by atoms with E-state index >= 15 is 0 Å². The van der Waals surface area contributed by atoms with Gasteiger partial charge < -0.3 is 0 Å². The van der Waals surface area contributed by atoms with Crippen LogP contribution in [0.2, 0.25) is 0 Å². The molecule has 0 fully saturated rings. The van der Waals surface area contributed by atoms with Crippen molar-refractivity contribution in [3.63, 3.8) is 0 Å². The number of sulfone groups is 1. The minimum Gasteiger partial charge on any atom is -0.219 e. The second-order valence-electron chi connectivity index (χ2n) is 8.19. The molecular formula is C32H24Br2O2S. The lowest BCUT2D eigenvalue weighted by molar-refractivity contribution is 0.610. The first-order chi connectivity index (χ1) is 17.9. The van der Waals surface area contributed by atoms with Crippen LogP contribution in [0.1, 0.15) is 22.3 Å². The van der Waals surface area contributed by atoms with Crippen molar-refractivity contribution in [2.45, 2.75) is 0 Å². The van der Waals surface area contributed by atoms with E-state index < -0.39 is 9.84 Å². The lowest BCUT2D eigenvalue weighted by Crippen LogP contribution is -2.05. The van der Waals surface area contributed by atoms with Gasteiger partial charge in [-0.2, -0.15) is 0 Å². The molecule has 0 saturated carbocycles. The van der Waals surface area contributed by atoms with E-state index in [1.165, 1.54) is 0 Å². The van der Waals surface area contributed by atoms with Crippen molar-refractivity contribution in [1.82, 2.24) is 0 Å². The van der Waals surface area contributed by atoms with Gasteiger partial charge in [-0.15, -0.1) is 0 Å². The molecule has 5 heteroatoms. The zero-order valence-corrected chi connectivity index (χ0v) is 23.8. The Kier molecular flexibility index (Phi) is 9.29. The van der Waals surface area contributed by atoms with Crippen LogP contribution in [0, 0.1) is 0 Å². The SMILES string of the molecule is O=S(=O)(C(/C=C\c1ccccc1)=C/c1ccc(Br)cc1)C(/C=C\c1ccccc1)=C/c1ccc(Br)cc1. The van der Waals surface area contributed by atoms with E-state index in [1.54, 1.807) is 24.3 Å². The van der Waals surface area contributed by atoms with E-state index in [2.05, 4.69) is 31.9 Å². The molecule has 0 radical (unpaired) electrons. The third-order valence-electron chi connectivity index (χ3n) is 5.46. The van der Waals surface area contributed by atoms with Crippen molar-refractivity contribution in [3.8, 4) is 0 Å². The summed E-state index contributed by atoms with van der Waals surface area (Å²) in [5, 5.41) is 0. The zero-order chi connectivity index (χ0) is 26.1. The zero-order valence-electron chi connectivity index (χ0n) is 19.8. The predicted octanol–water partition coefficient (Wildman–Crippen LogP) is 9.44. The van der Waals surface area contributed by atoms with Crippen molar-refractivity contribution < 1.29 is 8.42 Å². The third-order valence-corrected chi connectivity index (χ3v) is 8.26. The first-order valence-corrected chi connectivity index (χ1v) is 14.6. The molecule has 0 spiro atoms. The number of benzene rings is 4. The van der Waals surface area contributed by atoms with E-state index in [9.17, 15) is 8.42 Å². The van der Waals surface area contributed by atoms with Gasteiger partial charge in [-0.25, -0.2) is 8.42 Å². The maximum Gasteiger partial charge on any atom is 0.206 e. The highest BCUT2D eigenvalue weighted by Crippen LogP contribution is 2.27. The lowest BCUT2D eigenvalue weighted by Gasteiger charge is -2.09. The molecule has 0 bridgehead atoms. The number of hydrogen-bond acceptors (Lipinski definition) is 2. The van der Waals surface area contributed by atoms with Gasteiger partial charge in [-0.05, 0) is 70.8 Å². The van der Waals surface area contributed by atoms with Gasteiger partial charge in [0.15, 0.2) is 0 Å². The van der Waals surface area contributed by atoms with Gasteiger partial charge in [-0.3, -0.25) is 0 Å². The maximum atomic E-state index is 14.2. The first-order valence-electron chi connectivity index (χ1n) is 11.6. The summed E-state index contributed by atoms with van der Waals surface area (Å²) >= 11 is 6.89. The maximum absolute atomic E-state index is 14.2. The van der Waals surface area contributed by atoms with Crippen LogP contribution in [0.5, 0.6) is 0 Å². The molecule has 4 aromatic carbocycles. The van der Waals surface area contributed by atoms with E-state index in [1.807, 2.05) is 121 Å². The molecule has 0 N–H and O–H groups in total. The molecule has 4 rings (SSSR count). The molecule has 0 amide bonds. The lowest BCUT2D eigenvalue weighted by atomic mass is 10.2. The number of allylic oxidation sites excluding steroid dienone is 2. The largest absolute Gasteiger partial charge is 0.219 e. The highest BCUT2D eigenvalue weighted by Gasteiger charge is 2.20. The summed E-state index contributed by atoms with van der Waals surface area (Å²) in [5.74, 6) is 0. The fraction of sp³-hybridized carbons (Fsp3) is 0. The van der Waals surface area contributed by atoms with Crippen molar-refractivity contribution in [1.29, 1.82) is 0 Å². The van der Waals surface area contributed by atoms with Crippen molar-refractivity contribution in [2.24, 2.45) is 0 Å². The summed E-state index contributed by atoms with van der Waals surface area (Å²) in [6.07, 6.45) is 10.4. The van der Waals surface area contributed by atoms with Crippen LogP contribution in [0.4, 0.5) is 0 Å². The smallest absolute Gasteiger partial charge is 0.206 e. The monoisotopic (exact) mass is 630 g/mol. The highest BCUT2D eigenvalue weighted by molar-refractivity contribution is 9.10. The minimum atomic E-state index is -3.89. The molecule has 37 heavy (non-hydrogen) atoms. The van der Waals surface area contributed by atoms with Gasteiger partial charge in [0, 0.05) is 8.95 Å². The molecule has 2 nitrogen and oxygen atoms in total. The van der Waals surface area contributed by atoms with Crippen LogP contribution in [-0.4, -0.2) is 8.42 Å². The van der Waals surface area contributed by atoms with Crippen LogP contribution in [0.3, 0.4) is 0 Å². The summed E-state index contributed by atoms with van der Waals surface area (Å²) < 4.78 is 30.2. The van der Waals surface area contributed by atoms with Crippen LogP contribution in [0.15, 0.2) is 140 Å². The molecule has 0 heterocycles. The Labute approximate surface area is 235 Å². The number of halogens is 2.